The van der Waals surface area contributed by atoms with Gasteiger partial charge in [-0.25, -0.2) is 9.07 Å². The monoisotopic (exact) mass is 511 g/mol. The summed E-state index contributed by atoms with van der Waals surface area (Å²) < 4.78 is 21.8. The second kappa shape index (κ2) is 8.84. The third-order valence-electron chi connectivity index (χ3n) is 11.5. The van der Waals surface area contributed by atoms with E-state index in [0.29, 0.717) is 29.2 Å². The van der Waals surface area contributed by atoms with Crippen molar-refractivity contribution in [2.75, 3.05) is 13.7 Å². The van der Waals surface area contributed by atoms with Gasteiger partial charge in [0, 0.05) is 13.0 Å². The summed E-state index contributed by atoms with van der Waals surface area (Å²) in [5.41, 5.74) is 1.23. The number of aromatic nitrogens is 3. The van der Waals surface area contributed by atoms with Crippen molar-refractivity contribution in [2.24, 2.45) is 40.4 Å². The van der Waals surface area contributed by atoms with Gasteiger partial charge in [0.15, 0.2) is 11.6 Å². The van der Waals surface area contributed by atoms with E-state index in [9.17, 15) is 14.3 Å². The molecule has 4 fully saturated rings. The van der Waals surface area contributed by atoms with E-state index >= 15 is 0 Å². The topological polar surface area (TPSA) is 77.2 Å². The SMILES string of the molecule is COC[C@]12CC[C@@](C)(O)C[C@@H]1CC[C@H]1[C@@H]3CC[C@H](C(=O)Cn4nnc5c(F)cc(C)cc54)[C@@]3(C)CC[C@@H]12. The Balaban J connectivity index is 1.24. The highest BCUT2D eigenvalue weighted by Crippen LogP contribution is 2.68. The van der Waals surface area contributed by atoms with Crippen molar-refractivity contribution in [3.8, 4) is 0 Å². The van der Waals surface area contributed by atoms with E-state index in [-0.39, 0.29) is 40.4 Å². The zero-order valence-electron chi connectivity index (χ0n) is 22.8. The van der Waals surface area contributed by atoms with E-state index in [4.69, 9.17) is 4.74 Å². The average molecular weight is 512 g/mol. The molecule has 0 saturated heterocycles. The number of aliphatic hydroxyl groups is 1. The van der Waals surface area contributed by atoms with Crippen molar-refractivity contribution in [1.82, 2.24) is 15.0 Å². The number of Topliss-reactive ketones (excluding diaryl/α,β-unsaturated/α-hetero) is 1. The van der Waals surface area contributed by atoms with Gasteiger partial charge in [-0.15, -0.1) is 5.10 Å². The van der Waals surface area contributed by atoms with Crippen LogP contribution in [0.3, 0.4) is 0 Å². The summed E-state index contributed by atoms with van der Waals surface area (Å²) in [6.45, 7) is 7.17. The number of ether oxygens (including phenoxy) is 1. The van der Waals surface area contributed by atoms with Crippen molar-refractivity contribution < 1.29 is 19.0 Å². The van der Waals surface area contributed by atoms with Crippen LogP contribution in [0.25, 0.3) is 11.0 Å². The van der Waals surface area contributed by atoms with Crippen molar-refractivity contribution >= 4 is 16.8 Å². The zero-order chi connectivity index (χ0) is 26.2. The summed E-state index contributed by atoms with van der Waals surface area (Å²) in [7, 11) is 1.83. The molecule has 0 spiro atoms. The number of halogens is 1. The molecule has 6 rings (SSSR count). The number of aryl methyl sites for hydroxylation is 1. The number of fused-ring (bicyclic) bond motifs is 6. The first-order valence-electron chi connectivity index (χ1n) is 14.3. The van der Waals surface area contributed by atoms with Crippen molar-refractivity contribution in [2.45, 2.75) is 90.7 Å². The van der Waals surface area contributed by atoms with E-state index in [0.717, 1.165) is 63.5 Å². The minimum Gasteiger partial charge on any atom is -0.390 e. The second-order valence-corrected chi connectivity index (χ2v) is 13.5. The van der Waals surface area contributed by atoms with E-state index in [1.807, 2.05) is 27.0 Å². The highest BCUT2D eigenvalue weighted by Gasteiger charge is 2.63. The van der Waals surface area contributed by atoms with Gasteiger partial charge in [0.05, 0.1) is 17.7 Å². The van der Waals surface area contributed by atoms with E-state index in [2.05, 4.69) is 17.2 Å². The molecule has 0 amide bonds. The quantitative estimate of drug-likeness (QED) is 0.575. The molecule has 4 aliphatic rings. The van der Waals surface area contributed by atoms with Gasteiger partial charge in [0.25, 0.3) is 0 Å². The van der Waals surface area contributed by atoms with Crippen molar-refractivity contribution in [1.29, 1.82) is 0 Å². The predicted molar refractivity (Wildman–Crippen MR) is 139 cm³/mol. The number of benzene rings is 1. The molecule has 6 nitrogen and oxygen atoms in total. The van der Waals surface area contributed by atoms with Crippen LogP contribution in [0.2, 0.25) is 0 Å². The van der Waals surface area contributed by atoms with Crippen LogP contribution in [0.4, 0.5) is 4.39 Å². The minimum atomic E-state index is -0.560. The molecule has 0 bridgehead atoms. The van der Waals surface area contributed by atoms with Gasteiger partial charge in [-0.3, -0.25) is 4.79 Å². The number of hydrogen-bond donors (Lipinski definition) is 1. The average Bonchev–Trinajstić information content (AvgIpc) is 3.40. The van der Waals surface area contributed by atoms with Crippen molar-refractivity contribution in [3.63, 3.8) is 0 Å². The molecule has 0 radical (unpaired) electrons. The molecule has 1 aromatic heterocycles. The van der Waals surface area contributed by atoms with Crippen molar-refractivity contribution in [3.05, 3.63) is 23.5 Å². The molecule has 37 heavy (non-hydrogen) atoms. The number of methoxy groups -OCH3 is 1. The van der Waals surface area contributed by atoms with Gasteiger partial charge in [-0.2, -0.15) is 0 Å². The van der Waals surface area contributed by atoms with Crippen LogP contribution in [0.5, 0.6) is 0 Å². The Morgan fingerprint density at radius 3 is 2.73 bits per heavy atom. The van der Waals surface area contributed by atoms with Crippen LogP contribution in [-0.2, 0) is 16.1 Å². The molecule has 1 N–H and O–H groups in total. The smallest absolute Gasteiger partial charge is 0.157 e. The van der Waals surface area contributed by atoms with E-state index in [1.54, 1.807) is 4.68 Å². The molecular weight excluding hydrogens is 469 g/mol. The molecule has 0 unspecified atom stereocenters. The van der Waals surface area contributed by atoms with Gasteiger partial charge in [0.2, 0.25) is 0 Å². The molecule has 2 aromatic rings. The maximum Gasteiger partial charge on any atom is 0.157 e. The highest BCUT2D eigenvalue weighted by molar-refractivity contribution is 5.84. The minimum absolute atomic E-state index is 0.00292. The fraction of sp³-hybridized carbons (Fsp3) is 0.767. The van der Waals surface area contributed by atoms with Crippen LogP contribution >= 0.6 is 0 Å². The molecule has 202 valence electrons. The molecule has 4 aliphatic carbocycles. The van der Waals surface area contributed by atoms with Gasteiger partial charge >= 0.3 is 0 Å². The lowest BCUT2D eigenvalue weighted by atomic mass is 9.43. The maximum absolute atomic E-state index is 14.4. The normalized spacial score (nSPS) is 41.3. The van der Waals surface area contributed by atoms with Gasteiger partial charge in [-0.05, 0) is 124 Å². The first-order valence-corrected chi connectivity index (χ1v) is 14.3. The molecule has 0 aliphatic heterocycles. The Hall–Kier alpha value is -1.86. The molecule has 7 heteroatoms. The first kappa shape index (κ1) is 25.4. The Labute approximate surface area is 219 Å². The van der Waals surface area contributed by atoms with Crippen LogP contribution in [0.15, 0.2) is 12.1 Å². The lowest BCUT2D eigenvalue weighted by Crippen LogP contribution is -2.58. The lowest BCUT2D eigenvalue weighted by Gasteiger charge is -2.62. The third-order valence-corrected chi connectivity index (χ3v) is 11.5. The molecule has 8 atom stereocenters. The van der Waals surface area contributed by atoms with Crippen LogP contribution in [-0.4, -0.2) is 45.2 Å². The number of ketones is 1. The molecule has 4 saturated carbocycles. The number of nitrogens with zero attached hydrogens (tertiary/aromatic N) is 3. The Kier molecular flexibility index (Phi) is 6.07. The fourth-order valence-electron chi connectivity index (χ4n) is 9.85. The Morgan fingerprint density at radius 2 is 1.95 bits per heavy atom. The number of carbonyl (C=O) groups excluding carboxylic acids is 1. The first-order chi connectivity index (χ1) is 17.6. The Bertz CT molecular complexity index is 1210. The fourth-order valence-corrected chi connectivity index (χ4v) is 9.85. The van der Waals surface area contributed by atoms with E-state index in [1.165, 1.54) is 12.5 Å². The summed E-state index contributed by atoms with van der Waals surface area (Å²) in [5.74, 6) is 2.13. The third kappa shape index (κ3) is 3.90. The maximum atomic E-state index is 14.4. The van der Waals surface area contributed by atoms with Gasteiger partial charge in [-0.1, -0.05) is 12.1 Å². The molecular formula is C30H42FN3O3. The molecule has 1 heterocycles. The summed E-state index contributed by atoms with van der Waals surface area (Å²) in [6, 6.07) is 3.33. The van der Waals surface area contributed by atoms with E-state index < -0.39 is 5.60 Å². The highest BCUT2D eigenvalue weighted by atomic mass is 19.1. The summed E-state index contributed by atoms with van der Waals surface area (Å²) in [4.78, 5) is 13.8. The van der Waals surface area contributed by atoms with Gasteiger partial charge in [0.1, 0.15) is 12.1 Å². The standard InChI is InChI=1S/C30H42FN3O3/c1-18-13-24(31)27-25(14-18)34(33-32-27)16-26(35)23-8-7-21-20-6-5-19-15-28(2,36)11-12-30(19,17-37-4)22(20)9-10-29(21,23)3/h13-14,19-23,36H,5-12,15-17H2,1-4H3/t19-,20-,21-,22-,23+,28+,29-,30+/m0/s1. The second-order valence-electron chi connectivity index (χ2n) is 13.5. The molecule has 1 aromatic carbocycles. The number of hydrogen-bond acceptors (Lipinski definition) is 5. The zero-order valence-corrected chi connectivity index (χ0v) is 22.8. The number of rotatable bonds is 5. The number of carbonyl (C=O) groups is 1. The summed E-state index contributed by atoms with van der Waals surface area (Å²) in [5, 5.41) is 19.1. The van der Waals surface area contributed by atoms with Gasteiger partial charge < -0.3 is 9.84 Å². The van der Waals surface area contributed by atoms with Crippen LogP contribution < -0.4 is 0 Å². The predicted octanol–water partition coefficient (Wildman–Crippen LogP) is 5.48. The van der Waals surface area contributed by atoms with Crippen LogP contribution in [0.1, 0.15) is 77.2 Å². The summed E-state index contributed by atoms with van der Waals surface area (Å²) in [6.07, 6.45) is 9.37. The Morgan fingerprint density at radius 1 is 1.14 bits per heavy atom. The lowest BCUT2D eigenvalue weighted by molar-refractivity contribution is -0.175. The van der Waals surface area contributed by atoms with Crippen LogP contribution in [0, 0.1) is 53.2 Å². The largest absolute Gasteiger partial charge is 0.390 e. The summed E-state index contributed by atoms with van der Waals surface area (Å²) >= 11 is 0.